The molecule has 0 bridgehead atoms. The highest BCUT2D eigenvalue weighted by molar-refractivity contribution is 7.14. The van der Waals surface area contributed by atoms with Gasteiger partial charge in [-0.05, 0) is 56.7 Å². The first kappa shape index (κ1) is 26.7. The molecule has 1 N–H and O–H groups in total. The number of carbonyl (C=O) groups is 3. The lowest BCUT2D eigenvalue weighted by Gasteiger charge is -2.26. The molecule has 40 heavy (non-hydrogen) atoms. The summed E-state index contributed by atoms with van der Waals surface area (Å²) in [6.07, 6.45) is 9.84. The van der Waals surface area contributed by atoms with E-state index < -0.39 is 11.9 Å². The molecule has 210 valence electrons. The second-order valence-electron chi connectivity index (χ2n) is 11.3. The summed E-state index contributed by atoms with van der Waals surface area (Å²) in [6.45, 7) is 2.56. The van der Waals surface area contributed by atoms with Gasteiger partial charge in [-0.3, -0.25) is 24.2 Å². The van der Waals surface area contributed by atoms with Crippen LogP contribution in [-0.2, 0) is 14.4 Å². The fourth-order valence-corrected chi connectivity index (χ4v) is 6.98. The van der Waals surface area contributed by atoms with E-state index in [1.807, 2.05) is 30.5 Å². The van der Waals surface area contributed by atoms with Crippen LogP contribution in [-0.4, -0.2) is 45.4 Å². The van der Waals surface area contributed by atoms with Crippen LogP contribution in [0.15, 0.2) is 34.2 Å². The van der Waals surface area contributed by atoms with Gasteiger partial charge >= 0.3 is 5.97 Å². The number of anilines is 2. The second kappa shape index (κ2) is 11.2. The van der Waals surface area contributed by atoms with Gasteiger partial charge in [-0.2, -0.15) is 0 Å². The first-order valence-corrected chi connectivity index (χ1v) is 15.1. The highest BCUT2D eigenvalue weighted by atomic mass is 32.1. The maximum Gasteiger partial charge on any atom is 0.304 e. The molecule has 3 aromatic heterocycles. The zero-order chi connectivity index (χ0) is 27.8. The molecule has 3 aromatic rings. The van der Waals surface area contributed by atoms with Crippen LogP contribution >= 0.6 is 11.3 Å². The van der Waals surface area contributed by atoms with Crippen molar-refractivity contribution in [1.29, 1.82) is 0 Å². The molecule has 2 aliphatic carbocycles. The Morgan fingerprint density at radius 1 is 1.20 bits per heavy atom. The molecule has 1 saturated heterocycles. The van der Waals surface area contributed by atoms with Crippen molar-refractivity contribution in [2.45, 2.75) is 77.2 Å². The predicted octanol–water partition coefficient (Wildman–Crippen LogP) is 6.07. The normalized spacial score (nSPS) is 18.4. The Morgan fingerprint density at radius 3 is 2.65 bits per heavy atom. The maximum absolute atomic E-state index is 13.8. The topological polar surface area (TPSA) is 117 Å². The van der Waals surface area contributed by atoms with Crippen molar-refractivity contribution in [2.24, 2.45) is 11.8 Å². The Kier molecular flexibility index (Phi) is 7.44. The number of amides is 2. The molecule has 1 atom stereocenters. The van der Waals surface area contributed by atoms with E-state index in [-0.39, 0.29) is 24.3 Å². The summed E-state index contributed by atoms with van der Waals surface area (Å²) in [5.41, 5.74) is 2.29. The Bertz CT molecular complexity index is 1400. The Hall–Kier alpha value is -3.53. The molecule has 1 aliphatic heterocycles. The van der Waals surface area contributed by atoms with Crippen LogP contribution in [0.2, 0.25) is 0 Å². The summed E-state index contributed by atoms with van der Waals surface area (Å²) in [7, 11) is 0. The molecule has 6 rings (SSSR count). The summed E-state index contributed by atoms with van der Waals surface area (Å²) in [6, 6.07) is 5.75. The number of aryl methyl sites for hydroxylation is 1. The van der Waals surface area contributed by atoms with Gasteiger partial charge in [0, 0.05) is 47.6 Å². The fraction of sp³-hybridized carbons (Fsp3) is 0.500. The van der Waals surface area contributed by atoms with Crippen molar-refractivity contribution in [3.05, 3.63) is 35.5 Å². The molecule has 0 radical (unpaired) electrons. The third-order valence-electron chi connectivity index (χ3n) is 8.20. The van der Waals surface area contributed by atoms with Crippen molar-refractivity contribution >= 4 is 40.1 Å². The SMILES string of the molecule is Cc1cc(-c2csc(N(C(=O)[C@@H](CC(=O)O)CC3CCCC3)C3CC3)n2)c(-c2ccc(N3CCCC3=O)nc2)o1. The Labute approximate surface area is 237 Å². The smallest absolute Gasteiger partial charge is 0.304 e. The van der Waals surface area contributed by atoms with Gasteiger partial charge in [-0.25, -0.2) is 9.97 Å². The number of carbonyl (C=O) groups excluding carboxylic acids is 2. The highest BCUT2D eigenvalue weighted by Crippen LogP contribution is 2.41. The number of pyridine rings is 1. The Morgan fingerprint density at radius 2 is 2.00 bits per heavy atom. The molecule has 0 spiro atoms. The average molecular weight is 563 g/mol. The van der Waals surface area contributed by atoms with Crippen LogP contribution in [0.5, 0.6) is 0 Å². The first-order valence-electron chi connectivity index (χ1n) is 14.3. The van der Waals surface area contributed by atoms with E-state index in [0.717, 1.165) is 61.8 Å². The van der Waals surface area contributed by atoms with Crippen molar-refractivity contribution < 1.29 is 23.9 Å². The third kappa shape index (κ3) is 5.54. The van der Waals surface area contributed by atoms with Crippen LogP contribution in [0, 0.1) is 18.8 Å². The quantitative estimate of drug-likeness (QED) is 0.319. The number of thiazole rings is 1. The summed E-state index contributed by atoms with van der Waals surface area (Å²) in [5, 5.41) is 12.1. The zero-order valence-corrected chi connectivity index (χ0v) is 23.5. The van der Waals surface area contributed by atoms with Gasteiger partial charge < -0.3 is 9.52 Å². The number of aliphatic carboxylic acids is 1. The van der Waals surface area contributed by atoms with E-state index in [1.165, 1.54) is 11.3 Å². The minimum atomic E-state index is -0.931. The standard InChI is InChI=1S/C30H34N4O5S/c1-18-13-23(28(39-18)20-8-11-25(31-16-20)33-12-4-7-26(33)35)24-17-40-30(32-24)34(22-9-10-22)29(38)21(15-27(36)37)14-19-5-2-3-6-19/h8,11,13,16-17,19,21-22H,2-7,9-10,12,14-15H2,1H3,(H,36,37)/t21-/m1/s1. The molecule has 9 nitrogen and oxygen atoms in total. The van der Waals surface area contributed by atoms with Gasteiger partial charge in [0.1, 0.15) is 17.3 Å². The van der Waals surface area contributed by atoms with Gasteiger partial charge in [-0.15, -0.1) is 11.3 Å². The average Bonchev–Trinajstić information content (AvgIpc) is 3.34. The summed E-state index contributed by atoms with van der Waals surface area (Å²) >= 11 is 1.41. The van der Waals surface area contributed by atoms with Crippen molar-refractivity contribution in [1.82, 2.24) is 9.97 Å². The van der Waals surface area contributed by atoms with E-state index in [9.17, 15) is 19.5 Å². The minimum Gasteiger partial charge on any atom is -0.481 e. The van der Waals surface area contributed by atoms with Crippen molar-refractivity contribution in [3.63, 3.8) is 0 Å². The largest absolute Gasteiger partial charge is 0.481 e. The lowest BCUT2D eigenvalue weighted by molar-refractivity contribution is -0.141. The number of hydrogen-bond acceptors (Lipinski definition) is 7. The van der Waals surface area contributed by atoms with Crippen LogP contribution in [0.3, 0.4) is 0 Å². The molecular formula is C30H34N4O5S. The Balaban J connectivity index is 1.26. The lowest BCUT2D eigenvalue weighted by Crippen LogP contribution is -2.39. The minimum absolute atomic E-state index is 0.0713. The summed E-state index contributed by atoms with van der Waals surface area (Å²) in [5.74, 6) is 0.930. The van der Waals surface area contributed by atoms with Gasteiger partial charge in [0.2, 0.25) is 11.8 Å². The molecule has 0 aromatic carbocycles. The summed E-state index contributed by atoms with van der Waals surface area (Å²) < 4.78 is 6.07. The van der Waals surface area contributed by atoms with E-state index in [4.69, 9.17) is 9.40 Å². The first-order chi connectivity index (χ1) is 19.4. The number of rotatable bonds is 10. The molecular weight excluding hydrogens is 528 g/mol. The number of nitrogens with zero attached hydrogens (tertiary/aromatic N) is 4. The predicted molar refractivity (Wildman–Crippen MR) is 152 cm³/mol. The van der Waals surface area contributed by atoms with Gasteiger partial charge in [0.15, 0.2) is 5.13 Å². The van der Waals surface area contributed by atoms with E-state index >= 15 is 0 Å². The second-order valence-corrected chi connectivity index (χ2v) is 12.1. The van der Waals surface area contributed by atoms with Crippen LogP contribution in [0.25, 0.3) is 22.6 Å². The van der Waals surface area contributed by atoms with Crippen LogP contribution in [0.1, 0.15) is 70.0 Å². The van der Waals surface area contributed by atoms with Crippen molar-refractivity contribution in [2.75, 3.05) is 16.3 Å². The van der Waals surface area contributed by atoms with E-state index in [2.05, 4.69) is 4.98 Å². The maximum atomic E-state index is 13.8. The lowest BCUT2D eigenvalue weighted by atomic mass is 9.90. The molecule has 3 aliphatic rings. The molecule has 10 heteroatoms. The fourth-order valence-electron chi connectivity index (χ4n) is 6.08. The van der Waals surface area contributed by atoms with Gasteiger partial charge in [-0.1, -0.05) is 25.7 Å². The molecule has 0 unspecified atom stereocenters. The van der Waals surface area contributed by atoms with Gasteiger partial charge in [0.25, 0.3) is 0 Å². The number of furan rings is 1. The van der Waals surface area contributed by atoms with Crippen molar-refractivity contribution in [3.8, 4) is 22.6 Å². The van der Waals surface area contributed by atoms with Crippen LogP contribution in [0.4, 0.5) is 10.9 Å². The third-order valence-corrected chi connectivity index (χ3v) is 9.04. The number of carboxylic acids is 1. The van der Waals surface area contributed by atoms with E-state index in [0.29, 0.717) is 47.7 Å². The monoisotopic (exact) mass is 562 g/mol. The van der Waals surface area contributed by atoms with E-state index in [1.54, 1.807) is 16.0 Å². The molecule has 3 fully saturated rings. The highest BCUT2D eigenvalue weighted by Gasteiger charge is 2.40. The zero-order valence-electron chi connectivity index (χ0n) is 22.7. The number of aromatic nitrogens is 2. The molecule has 2 saturated carbocycles. The number of carboxylic acid groups (broad SMARTS) is 1. The van der Waals surface area contributed by atoms with Crippen LogP contribution < -0.4 is 9.80 Å². The van der Waals surface area contributed by atoms with Gasteiger partial charge in [0.05, 0.1) is 12.1 Å². The molecule has 4 heterocycles. The molecule has 2 amide bonds. The number of hydrogen-bond donors (Lipinski definition) is 1. The summed E-state index contributed by atoms with van der Waals surface area (Å²) in [4.78, 5) is 50.5.